The normalized spacial score (nSPS) is 13.2. The van der Waals surface area contributed by atoms with Crippen molar-refractivity contribution in [2.45, 2.75) is 51.6 Å². The molecule has 0 spiro atoms. The molecule has 134 valence electrons. The molecule has 0 saturated heterocycles. The minimum Gasteiger partial charge on any atom is -0.346 e. The highest BCUT2D eigenvalue weighted by atomic mass is 16.6. The Bertz CT molecular complexity index is 701. The van der Waals surface area contributed by atoms with Crippen molar-refractivity contribution >= 4 is 11.6 Å². The lowest BCUT2D eigenvalue weighted by Crippen LogP contribution is -2.41. The fourth-order valence-corrected chi connectivity index (χ4v) is 2.83. The molecule has 1 amide bonds. The first-order chi connectivity index (χ1) is 12.1. The van der Waals surface area contributed by atoms with Gasteiger partial charge >= 0.3 is 5.69 Å². The molecule has 2 heterocycles. The number of rotatable bonds is 9. The van der Waals surface area contributed by atoms with Gasteiger partial charge in [-0.05, 0) is 25.0 Å². The van der Waals surface area contributed by atoms with Gasteiger partial charge in [0.25, 0.3) is 5.91 Å². The fraction of sp³-hybridized carbons (Fsp3) is 0.471. The van der Waals surface area contributed by atoms with E-state index in [9.17, 15) is 14.9 Å². The molecule has 0 fully saturated rings. The van der Waals surface area contributed by atoms with Crippen LogP contribution in [0.25, 0.3) is 0 Å². The molecular formula is C17H23N5O3. The number of carbonyl (C=O) groups excluding carboxylic acids is 1. The van der Waals surface area contributed by atoms with Crippen LogP contribution in [0.3, 0.4) is 0 Å². The number of nitro groups is 1. The van der Waals surface area contributed by atoms with Gasteiger partial charge in [0.2, 0.25) is 0 Å². The third kappa shape index (κ3) is 4.85. The second-order valence-corrected chi connectivity index (χ2v) is 5.88. The standard InChI is InChI=1S/C17H23N5O3/c1-3-7-14(20-17(23)15-9-5-6-10-18-15)16(8-4-2)21-12-13(11-19-21)22(24)25/h5-6,9-12,14,16H,3-4,7-8H2,1-2H3,(H,20,23)/t14-,16-/m1/s1. The number of carbonyl (C=O) groups is 1. The van der Waals surface area contributed by atoms with Crippen LogP contribution in [-0.2, 0) is 0 Å². The van der Waals surface area contributed by atoms with Crippen molar-refractivity contribution in [3.05, 3.63) is 52.6 Å². The van der Waals surface area contributed by atoms with Crippen LogP contribution in [0.1, 0.15) is 56.1 Å². The maximum Gasteiger partial charge on any atom is 0.307 e. The van der Waals surface area contributed by atoms with E-state index in [4.69, 9.17) is 0 Å². The van der Waals surface area contributed by atoms with Gasteiger partial charge in [-0.25, -0.2) is 0 Å². The summed E-state index contributed by atoms with van der Waals surface area (Å²) in [5, 5.41) is 18.1. The minimum absolute atomic E-state index is 0.0487. The topological polar surface area (TPSA) is 103 Å². The summed E-state index contributed by atoms with van der Waals surface area (Å²) in [6, 6.07) is 4.84. The average Bonchev–Trinajstić information content (AvgIpc) is 3.10. The molecule has 0 saturated carbocycles. The van der Waals surface area contributed by atoms with Crippen LogP contribution in [0.4, 0.5) is 5.69 Å². The van der Waals surface area contributed by atoms with Crippen molar-refractivity contribution in [3.63, 3.8) is 0 Å². The molecule has 0 aliphatic carbocycles. The van der Waals surface area contributed by atoms with Crippen molar-refractivity contribution in [2.24, 2.45) is 0 Å². The Morgan fingerprint density at radius 3 is 2.64 bits per heavy atom. The maximum absolute atomic E-state index is 12.5. The van der Waals surface area contributed by atoms with E-state index in [-0.39, 0.29) is 23.7 Å². The van der Waals surface area contributed by atoms with Gasteiger partial charge in [-0.3, -0.25) is 24.6 Å². The van der Waals surface area contributed by atoms with E-state index < -0.39 is 4.92 Å². The third-order valence-corrected chi connectivity index (χ3v) is 4.00. The summed E-state index contributed by atoms with van der Waals surface area (Å²) in [7, 11) is 0. The molecule has 0 aliphatic rings. The number of hydrogen-bond acceptors (Lipinski definition) is 5. The van der Waals surface area contributed by atoms with E-state index in [0.717, 1.165) is 25.7 Å². The molecule has 2 aromatic rings. The summed E-state index contributed by atoms with van der Waals surface area (Å²) in [4.78, 5) is 27.0. The van der Waals surface area contributed by atoms with Crippen molar-refractivity contribution in [2.75, 3.05) is 0 Å². The van der Waals surface area contributed by atoms with E-state index in [1.807, 2.05) is 13.8 Å². The molecule has 0 bridgehead atoms. The van der Waals surface area contributed by atoms with Gasteiger partial charge in [0.1, 0.15) is 18.1 Å². The van der Waals surface area contributed by atoms with Gasteiger partial charge in [0.15, 0.2) is 0 Å². The van der Waals surface area contributed by atoms with Gasteiger partial charge < -0.3 is 5.32 Å². The molecule has 0 aromatic carbocycles. The monoisotopic (exact) mass is 345 g/mol. The zero-order valence-electron chi connectivity index (χ0n) is 14.5. The highest BCUT2D eigenvalue weighted by molar-refractivity contribution is 5.92. The SMILES string of the molecule is CCC[C@H]([C@@H](CCC)NC(=O)c1ccccn1)n1cc([N+](=O)[O-])cn1. The largest absolute Gasteiger partial charge is 0.346 e. The van der Waals surface area contributed by atoms with Crippen LogP contribution in [0.2, 0.25) is 0 Å². The zero-order chi connectivity index (χ0) is 18.2. The molecule has 0 unspecified atom stereocenters. The van der Waals surface area contributed by atoms with Crippen LogP contribution >= 0.6 is 0 Å². The third-order valence-electron chi connectivity index (χ3n) is 4.00. The molecule has 2 rings (SSSR count). The van der Waals surface area contributed by atoms with Crippen LogP contribution in [-0.4, -0.2) is 31.6 Å². The Hall–Kier alpha value is -2.77. The zero-order valence-corrected chi connectivity index (χ0v) is 14.5. The Kier molecular flexibility index (Phi) is 6.62. The number of nitrogens with zero attached hydrogens (tertiary/aromatic N) is 4. The van der Waals surface area contributed by atoms with E-state index in [1.165, 1.54) is 12.4 Å². The predicted molar refractivity (Wildman–Crippen MR) is 93.2 cm³/mol. The van der Waals surface area contributed by atoms with Crippen LogP contribution in [0.15, 0.2) is 36.8 Å². The highest BCUT2D eigenvalue weighted by Crippen LogP contribution is 2.23. The first-order valence-corrected chi connectivity index (χ1v) is 8.47. The van der Waals surface area contributed by atoms with E-state index in [2.05, 4.69) is 15.4 Å². The van der Waals surface area contributed by atoms with Crippen molar-refractivity contribution in [1.29, 1.82) is 0 Å². The molecule has 8 nitrogen and oxygen atoms in total. The van der Waals surface area contributed by atoms with Crippen molar-refractivity contribution < 1.29 is 9.72 Å². The molecule has 2 aromatic heterocycles. The van der Waals surface area contributed by atoms with Crippen LogP contribution in [0.5, 0.6) is 0 Å². The van der Waals surface area contributed by atoms with Gasteiger partial charge in [0.05, 0.1) is 17.0 Å². The second kappa shape index (κ2) is 8.91. The second-order valence-electron chi connectivity index (χ2n) is 5.88. The number of nitrogens with one attached hydrogen (secondary N) is 1. The maximum atomic E-state index is 12.5. The van der Waals surface area contributed by atoms with Crippen LogP contribution in [0, 0.1) is 10.1 Å². The number of hydrogen-bond donors (Lipinski definition) is 1. The van der Waals surface area contributed by atoms with E-state index in [1.54, 1.807) is 29.1 Å². The van der Waals surface area contributed by atoms with Crippen molar-refractivity contribution in [1.82, 2.24) is 20.1 Å². The van der Waals surface area contributed by atoms with E-state index >= 15 is 0 Å². The van der Waals surface area contributed by atoms with Crippen molar-refractivity contribution in [3.8, 4) is 0 Å². The highest BCUT2D eigenvalue weighted by Gasteiger charge is 2.26. The number of pyridine rings is 1. The quantitative estimate of drug-likeness (QED) is 0.555. The Labute approximate surface area is 146 Å². The Balaban J connectivity index is 2.23. The molecule has 25 heavy (non-hydrogen) atoms. The fourth-order valence-electron chi connectivity index (χ4n) is 2.83. The lowest BCUT2D eigenvalue weighted by molar-refractivity contribution is -0.385. The molecular weight excluding hydrogens is 322 g/mol. The smallest absolute Gasteiger partial charge is 0.307 e. The molecule has 1 N–H and O–H groups in total. The molecule has 0 radical (unpaired) electrons. The number of aromatic nitrogens is 3. The summed E-state index contributed by atoms with van der Waals surface area (Å²) in [5.74, 6) is -0.248. The Morgan fingerprint density at radius 1 is 1.32 bits per heavy atom. The predicted octanol–water partition coefficient (Wildman–Crippen LogP) is 3.13. The van der Waals surface area contributed by atoms with Gasteiger partial charge in [-0.1, -0.05) is 32.8 Å². The summed E-state index contributed by atoms with van der Waals surface area (Å²) >= 11 is 0. The lowest BCUT2D eigenvalue weighted by Gasteiger charge is -2.28. The van der Waals surface area contributed by atoms with Gasteiger partial charge in [0, 0.05) is 6.20 Å². The minimum atomic E-state index is -0.464. The summed E-state index contributed by atoms with van der Waals surface area (Å²) in [6.07, 6.45) is 7.49. The van der Waals surface area contributed by atoms with Gasteiger partial charge in [-0.15, -0.1) is 0 Å². The van der Waals surface area contributed by atoms with Crippen LogP contribution < -0.4 is 5.32 Å². The first-order valence-electron chi connectivity index (χ1n) is 8.47. The summed E-state index contributed by atoms with van der Waals surface area (Å²) < 4.78 is 1.60. The first kappa shape index (κ1) is 18.6. The van der Waals surface area contributed by atoms with Gasteiger partial charge in [-0.2, -0.15) is 5.10 Å². The lowest BCUT2D eigenvalue weighted by atomic mass is 9.98. The summed E-state index contributed by atoms with van der Waals surface area (Å²) in [6.45, 7) is 4.07. The molecule has 8 heteroatoms. The number of amides is 1. The molecule has 2 atom stereocenters. The summed E-state index contributed by atoms with van der Waals surface area (Å²) in [5.41, 5.74) is 0.303. The Morgan fingerprint density at radius 2 is 2.08 bits per heavy atom. The molecule has 0 aliphatic heterocycles. The van der Waals surface area contributed by atoms with E-state index in [0.29, 0.717) is 5.69 Å². The average molecular weight is 345 g/mol.